The fourth-order valence-electron chi connectivity index (χ4n) is 4.57. The second-order valence-corrected chi connectivity index (χ2v) is 11.1. The molecule has 1 unspecified atom stereocenters. The molecule has 0 aliphatic heterocycles. The lowest BCUT2D eigenvalue weighted by atomic mass is 9.72. The number of benzene rings is 2. The molecule has 1 heterocycles. The van der Waals surface area contributed by atoms with Gasteiger partial charge in [0, 0.05) is 16.8 Å². The predicted octanol–water partition coefficient (Wildman–Crippen LogP) is 6.93. The molecule has 190 valence electrons. The van der Waals surface area contributed by atoms with Gasteiger partial charge in [0.2, 0.25) is 0 Å². The average Bonchev–Trinajstić information content (AvgIpc) is 3.25. The van der Waals surface area contributed by atoms with Crippen molar-refractivity contribution in [2.24, 2.45) is 16.3 Å². The number of rotatable bonds is 7. The molecule has 1 aliphatic carbocycles. The number of ether oxygens (including phenoxy) is 3. The van der Waals surface area contributed by atoms with Crippen LogP contribution in [0.3, 0.4) is 0 Å². The Kier molecular flexibility index (Phi) is 7.69. The molecule has 1 N–H and O–H groups in total. The van der Waals surface area contributed by atoms with Crippen molar-refractivity contribution in [2.75, 3.05) is 26.6 Å². The summed E-state index contributed by atoms with van der Waals surface area (Å²) in [6.07, 6.45) is 4.70. The quantitative estimate of drug-likeness (QED) is 0.353. The Morgan fingerprint density at radius 1 is 1.03 bits per heavy atom. The molecule has 0 saturated heterocycles. The van der Waals surface area contributed by atoms with E-state index in [-0.39, 0.29) is 11.3 Å². The zero-order chi connectivity index (χ0) is 25.9. The van der Waals surface area contributed by atoms with E-state index in [1.54, 1.807) is 38.9 Å². The van der Waals surface area contributed by atoms with E-state index in [4.69, 9.17) is 19.2 Å². The van der Waals surface area contributed by atoms with Crippen LogP contribution in [0.1, 0.15) is 53.6 Å². The zero-order valence-corrected chi connectivity index (χ0v) is 22.6. The Balaban J connectivity index is 1.69. The minimum atomic E-state index is -0.133. The summed E-state index contributed by atoms with van der Waals surface area (Å²) in [5.74, 6) is 2.48. The van der Waals surface area contributed by atoms with Crippen molar-refractivity contribution in [3.05, 3.63) is 64.0 Å². The number of thiophene rings is 1. The van der Waals surface area contributed by atoms with Crippen molar-refractivity contribution in [3.8, 4) is 17.2 Å². The molecule has 0 spiro atoms. The number of methoxy groups -OCH3 is 3. The minimum absolute atomic E-state index is 0.133. The third-order valence-electron chi connectivity index (χ3n) is 6.78. The van der Waals surface area contributed by atoms with Crippen molar-refractivity contribution in [2.45, 2.75) is 40.0 Å². The van der Waals surface area contributed by atoms with Gasteiger partial charge in [0.1, 0.15) is 10.8 Å². The lowest BCUT2D eigenvalue weighted by molar-refractivity contribution is 0.102. The third-order valence-corrected chi connectivity index (χ3v) is 7.95. The van der Waals surface area contributed by atoms with Gasteiger partial charge in [-0.05, 0) is 84.2 Å². The van der Waals surface area contributed by atoms with Gasteiger partial charge < -0.3 is 19.5 Å². The highest BCUT2D eigenvalue weighted by Crippen LogP contribution is 2.45. The minimum Gasteiger partial charge on any atom is -0.497 e. The topological polar surface area (TPSA) is 69.2 Å². The molecule has 1 amide bonds. The highest BCUT2D eigenvalue weighted by atomic mass is 32.1. The summed E-state index contributed by atoms with van der Waals surface area (Å²) in [6, 6.07) is 13.0. The molecule has 6 nitrogen and oxygen atoms in total. The number of amides is 1. The van der Waals surface area contributed by atoms with Crippen LogP contribution in [0.25, 0.3) is 0 Å². The first-order valence-electron chi connectivity index (χ1n) is 12.1. The Labute approximate surface area is 217 Å². The number of hydrogen-bond donors (Lipinski definition) is 1. The summed E-state index contributed by atoms with van der Waals surface area (Å²) >= 11 is 1.63. The van der Waals surface area contributed by atoms with Crippen molar-refractivity contribution >= 4 is 34.1 Å². The van der Waals surface area contributed by atoms with Gasteiger partial charge in [-0.1, -0.05) is 20.8 Å². The summed E-state index contributed by atoms with van der Waals surface area (Å²) in [6.45, 7) is 6.89. The van der Waals surface area contributed by atoms with Crippen molar-refractivity contribution < 1.29 is 19.0 Å². The lowest BCUT2D eigenvalue weighted by Crippen LogP contribution is -2.27. The van der Waals surface area contributed by atoms with Crippen LogP contribution in [0.15, 0.2) is 47.5 Å². The number of aliphatic imine (C=N–C) groups is 1. The van der Waals surface area contributed by atoms with Gasteiger partial charge in [0.05, 0.1) is 26.9 Å². The Morgan fingerprint density at radius 2 is 1.75 bits per heavy atom. The number of fused-ring (bicyclic) bond motifs is 1. The maximum Gasteiger partial charge on any atom is 0.259 e. The maximum atomic E-state index is 13.6. The molecule has 4 rings (SSSR count). The number of anilines is 1. The van der Waals surface area contributed by atoms with Crippen LogP contribution in [-0.2, 0) is 12.8 Å². The first-order valence-corrected chi connectivity index (χ1v) is 12.9. The highest BCUT2D eigenvalue weighted by Gasteiger charge is 2.33. The maximum absolute atomic E-state index is 13.6. The van der Waals surface area contributed by atoms with E-state index >= 15 is 0 Å². The van der Waals surface area contributed by atoms with E-state index in [0.29, 0.717) is 23.0 Å². The molecule has 2 aromatic carbocycles. The van der Waals surface area contributed by atoms with Crippen molar-refractivity contribution in [1.29, 1.82) is 0 Å². The van der Waals surface area contributed by atoms with Crippen molar-refractivity contribution in [3.63, 3.8) is 0 Å². The Morgan fingerprint density at radius 3 is 2.39 bits per heavy atom. The number of nitrogens with zero attached hydrogens (tertiary/aromatic N) is 1. The molecule has 1 atom stereocenters. The second kappa shape index (κ2) is 10.7. The van der Waals surface area contributed by atoms with Gasteiger partial charge in [-0.25, -0.2) is 4.99 Å². The van der Waals surface area contributed by atoms with E-state index in [2.05, 4.69) is 26.1 Å². The molecule has 0 saturated carbocycles. The fourth-order valence-corrected chi connectivity index (χ4v) is 5.84. The molecule has 0 bridgehead atoms. The van der Waals surface area contributed by atoms with E-state index < -0.39 is 0 Å². The highest BCUT2D eigenvalue weighted by molar-refractivity contribution is 7.16. The summed E-state index contributed by atoms with van der Waals surface area (Å²) in [7, 11) is 4.85. The molecule has 1 aliphatic rings. The summed E-state index contributed by atoms with van der Waals surface area (Å²) in [5, 5.41) is 3.79. The second-order valence-electron chi connectivity index (χ2n) is 10.0. The predicted molar refractivity (Wildman–Crippen MR) is 147 cm³/mol. The summed E-state index contributed by atoms with van der Waals surface area (Å²) in [4.78, 5) is 19.6. The zero-order valence-electron chi connectivity index (χ0n) is 21.8. The van der Waals surface area contributed by atoms with Gasteiger partial charge in [0.15, 0.2) is 11.5 Å². The van der Waals surface area contributed by atoms with Crippen molar-refractivity contribution in [1.82, 2.24) is 0 Å². The van der Waals surface area contributed by atoms with Gasteiger partial charge in [-0.3, -0.25) is 4.79 Å². The molecule has 0 fully saturated rings. The molecule has 7 heteroatoms. The monoisotopic (exact) mass is 506 g/mol. The van der Waals surface area contributed by atoms with Gasteiger partial charge >= 0.3 is 0 Å². The van der Waals surface area contributed by atoms with Crippen LogP contribution in [-0.4, -0.2) is 33.5 Å². The lowest BCUT2D eigenvalue weighted by Gasteiger charge is -2.33. The summed E-state index contributed by atoms with van der Waals surface area (Å²) < 4.78 is 16.0. The van der Waals surface area contributed by atoms with Crippen LogP contribution < -0.4 is 19.5 Å². The van der Waals surface area contributed by atoms with Gasteiger partial charge in [0.25, 0.3) is 5.91 Å². The number of nitrogens with one attached hydrogen (secondary N) is 1. The standard InChI is InChI=1S/C29H34N2O4S/c1-29(2,3)19-8-13-22-25(16-19)36-28(30-17-18-7-14-23(34-5)24(15-18)35-6)26(22)27(32)31-20-9-11-21(33-4)12-10-20/h7,9-12,14-15,17,19H,8,13,16H2,1-6H3,(H,31,32). The first kappa shape index (κ1) is 25.8. The molecule has 36 heavy (non-hydrogen) atoms. The van der Waals surface area contributed by atoms with E-state index in [1.807, 2.05) is 42.5 Å². The van der Waals surface area contributed by atoms with Gasteiger partial charge in [-0.15, -0.1) is 11.3 Å². The molecular weight excluding hydrogens is 472 g/mol. The smallest absolute Gasteiger partial charge is 0.259 e. The van der Waals surface area contributed by atoms with Crippen LogP contribution in [0.5, 0.6) is 17.2 Å². The van der Waals surface area contributed by atoms with Crippen LogP contribution in [0, 0.1) is 11.3 Å². The third kappa shape index (κ3) is 5.57. The first-order chi connectivity index (χ1) is 17.2. The van der Waals surface area contributed by atoms with Crippen LogP contribution in [0.2, 0.25) is 0 Å². The largest absolute Gasteiger partial charge is 0.497 e. The SMILES string of the molecule is COc1ccc(NC(=O)c2c(N=Cc3ccc(OC)c(OC)c3)sc3c2CCC(C(C)(C)C)C3)cc1. The van der Waals surface area contributed by atoms with Crippen LogP contribution >= 0.6 is 11.3 Å². The summed E-state index contributed by atoms with van der Waals surface area (Å²) in [5.41, 5.74) is 3.61. The molecule has 0 radical (unpaired) electrons. The molecular formula is C29H34N2O4S. The van der Waals surface area contributed by atoms with Crippen LogP contribution in [0.4, 0.5) is 10.7 Å². The van der Waals surface area contributed by atoms with E-state index in [1.165, 1.54) is 4.88 Å². The molecule has 1 aromatic heterocycles. The average molecular weight is 507 g/mol. The van der Waals surface area contributed by atoms with E-state index in [0.717, 1.165) is 46.8 Å². The number of hydrogen-bond acceptors (Lipinski definition) is 6. The number of carbonyl (C=O) groups is 1. The van der Waals surface area contributed by atoms with Gasteiger partial charge in [-0.2, -0.15) is 0 Å². The fraction of sp³-hybridized carbons (Fsp3) is 0.379. The van der Waals surface area contributed by atoms with E-state index in [9.17, 15) is 4.79 Å². The Bertz CT molecular complexity index is 1260. The normalized spacial score (nSPS) is 15.4. The Hall–Kier alpha value is -3.32. The molecule has 3 aromatic rings. The number of carbonyl (C=O) groups excluding carboxylic acids is 1.